The number of ether oxygens (including phenoxy) is 2. The lowest BCUT2D eigenvalue weighted by molar-refractivity contribution is -0.485. The van der Waals surface area contributed by atoms with Crippen molar-refractivity contribution in [1.29, 1.82) is 0 Å². The third-order valence-corrected chi connectivity index (χ3v) is 2.45. The number of hydrogen-bond donors (Lipinski definition) is 2. The molecule has 0 bridgehead atoms. The average Bonchev–Trinajstić information content (AvgIpc) is 2.72. The van der Waals surface area contributed by atoms with E-state index >= 15 is 0 Å². The van der Waals surface area contributed by atoms with Gasteiger partial charge in [-0.05, 0) is 13.3 Å². The van der Waals surface area contributed by atoms with Gasteiger partial charge in [0.05, 0.1) is 6.61 Å². The summed E-state index contributed by atoms with van der Waals surface area (Å²) in [5.41, 5.74) is 0. The van der Waals surface area contributed by atoms with Gasteiger partial charge in [0.1, 0.15) is 5.10 Å². The Morgan fingerprint density at radius 3 is 3.00 bits per heavy atom. The van der Waals surface area contributed by atoms with E-state index in [0.29, 0.717) is 19.7 Å². The number of hydrogen-bond acceptors (Lipinski definition) is 4. The molecule has 8 nitrogen and oxygen atoms in total. The molecule has 0 aromatic carbocycles. The van der Waals surface area contributed by atoms with Gasteiger partial charge in [-0.15, -0.1) is 0 Å². The van der Waals surface area contributed by atoms with E-state index in [0.717, 1.165) is 6.42 Å². The molecule has 1 aliphatic heterocycles. The second kappa shape index (κ2) is 7.02. The van der Waals surface area contributed by atoms with E-state index in [1.807, 2.05) is 6.92 Å². The normalized spacial score (nSPS) is 24.7. The van der Waals surface area contributed by atoms with Crippen LogP contribution in [-0.4, -0.2) is 44.1 Å². The van der Waals surface area contributed by atoms with Crippen molar-refractivity contribution in [2.45, 2.75) is 19.6 Å². The quantitative estimate of drug-likeness (QED) is 0.300. The topological polar surface area (TPSA) is 98.0 Å². The Hall–Kier alpha value is -1.41. The molecule has 1 saturated heterocycles. The van der Waals surface area contributed by atoms with Crippen LogP contribution in [0.15, 0.2) is 5.10 Å². The molecular weight excluding hydrogens is 228 g/mol. The van der Waals surface area contributed by atoms with Crippen molar-refractivity contribution in [3.05, 3.63) is 10.1 Å². The Morgan fingerprint density at radius 1 is 1.65 bits per heavy atom. The molecule has 98 valence electrons. The van der Waals surface area contributed by atoms with Gasteiger partial charge in [0.25, 0.3) is 5.96 Å². The third kappa shape index (κ3) is 4.53. The molecule has 0 aromatic rings. The molecule has 2 N–H and O–H groups in total. The second-order valence-corrected chi connectivity index (χ2v) is 3.62. The highest BCUT2D eigenvalue weighted by Crippen LogP contribution is 2.20. The molecule has 1 fully saturated rings. The van der Waals surface area contributed by atoms with E-state index in [-0.39, 0.29) is 18.2 Å². The molecule has 0 saturated carbocycles. The van der Waals surface area contributed by atoms with E-state index in [4.69, 9.17) is 9.47 Å². The monoisotopic (exact) mass is 246 g/mol. The van der Waals surface area contributed by atoms with Crippen LogP contribution in [0.2, 0.25) is 0 Å². The van der Waals surface area contributed by atoms with Crippen molar-refractivity contribution in [1.82, 2.24) is 10.6 Å². The predicted octanol–water partition coefficient (Wildman–Crippen LogP) is -0.258. The maximum atomic E-state index is 10.3. The van der Waals surface area contributed by atoms with Gasteiger partial charge in [0, 0.05) is 26.1 Å². The summed E-state index contributed by atoms with van der Waals surface area (Å²) in [5, 5.41) is 18.5. The fraction of sp³-hybridized carbons (Fsp3) is 0.889. The predicted molar refractivity (Wildman–Crippen MR) is 61.0 cm³/mol. The zero-order valence-electron chi connectivity index (χ0n) is 10.0. The first kappa shape index (κ1) is 13.7. The lowest BCUT2D eigenvalue weighted by Gasteiger charge is -2.17. The molecule has 2 unspecified atom stereocenters. The lowest BCUT2D eigenvalue weighted by atomic mass is 10.1. The number of hydrazone groups is 1. The number of nitro groups is 1. The second-order valence-electron chi connectivity index (χ2n) is 3.62. The molecule has 1 rings (SSSR count). The minimum Gasteiger partial charge on any atom is -0.356 e. The highest BCUT2D eigenvalue weighted by Gasteiger charge is 2.28. The summed E-state index contributed by atoms with van der Waals surface area (Å²) < 4.78 is 10.5. The third-order valence-electron chi connectivity index (χ3n) is 2.45. The Balaban J connectivity index is 2.43. The Morgan fingerprint density at radius 2 is 2.41 bits per heavy atom. The Bertz CT molecular complexity index is 284. The maximum absolute atomic E-state index is 10.3. The molecule has 0 amide bonds. The molecule has 1 heterocycles. The molecule has 0 radical (unpaired) electrons. The van der Waals surface area contributed by atoms with Gasteiger partial charge in [-0.1, -0.05) is 0 Å². The maximum Gasteiger partial charge on any atom is 0.268 e. The molecule has 0 aromatic heterocycles. The number of nitrogens with zero attached hydrogens (tertiary/aromatic N) is 2. The highest BCUT2D eigenvalue weighted by atomic mass is 16.7. The zero-order valence-corrected chi connectivity index (χ0v) is 10.0. The first-order chi connectivity index (χ1) is 8.17. The summed E-state index contributed by atoms with van der Waals surface area (Å²) in [6, 6.07) is 0. The van der Waals surface area contributed by atoms with Gasteiger partial charge in [0.2, 0.25) is 0 Å². The number of methoxy groups -OCH3 is 1. The zero-order chi connectivity index (χ0) is 12.7. The summed E-state index contributed by atoms with van der Waals surface area (Å²) in [4.78, 5) is 10.3. The summed E-state index contributed by atoms with van der Waals surface area (Å²) >= 11 is 0. The van der Waals surface area contributed by atoms with Gasteiger partial charge >= 0.3 is 0 Å². The van der Waals surface area contributed by atoms with E-state index in [1.165, 1.54) is 0 Å². The summed E-state index contributed by atoms with van der Waals surface area (Å²) in [7, 11) is 1.58. The number of guanidine groups is 1. The van der Waals surface area contributed by atoms with Crippen LogP contribution >= 0.6 is 0 Å². The number of nitrogens with one attached hydrogen (secondary N) is 2. The fourth-order valence-electron chi connectivity index (χ4n) is 1.68. The molecule has 8 heteroatoms. The molecule has 0 aliphatic carbocycles. The highest BCUT2D eigenvalue weighted by molar-refractivity contribution is 5.78. The SMILES string of the molecule is CCN/C(=N\[N+](=O)[O-])NCC1CCOC1OC. The van der Waals surface area contributed by atoms with E-state index < -0.39 is 5.03 Å². The Labute approximate surface area is 99.5 Å². The van der Waals surface area contributed by atoms with Crippen molar-refractivity contribution in [2.24, 2.45) is 11.0 Å². The molecule has 17 heavy (non-hydrogen) atoms. The van der Waals surface area contributed by atoms with Crippen LogP contribution in [-0.2, 0) is 9.47 Å². The van der Waals surface area contributed by atoms with Crippen molar-refractivity contribution in [3.8, 4) is 0 Å². The van der Waals surface area contributed by atoms with Crippen LogP contribution in [0.5, 0.6) is 0 Å². The van der Waals surface area contributed by atoms with Crippen LogP contribution in [0.1, 0.15) is 13.3 Å². The van der Waals surface area contributed by atoms with E-state index in [9.17, 15) is 10.1 Å². The lowest BCUT2D eigenvalue weighted by Crippen LogP contribution is -2.41. The van der Waals surface area contributed by atoms with Crippen LogP contribution in [0.3, 0.4) is 0 Å². The summed E-state index contributed by atoms with van der Waals surface area (Å²) in [6.45, 7) is 3.58. The smallest absolute Gasteiger partial charge is 0.268 e. The summed E-state index contributed by atoms with van der Waals surface area (Å²) in [5.74, 6) is 0.342. The van der Waals surface area contributed by atoms with E-state index in [1.54, 1.807) is 7.11 Å². The molecule has 2 atom stereocenters. The minimum atomic E-state index is -0.732. The molecular formula is C9H18N4O4. The van der Waals surface area contributed by atoms with Gasteiger partial charge in [-0.2, -0.15) is 0 Å². The van der Waals surface area contributed by atoms with Crippen LogP contribution in [0, 0.1) is 16.0 Å². The van der Waals surface area contributed by atoms with Gasteiger partial charge in [-0.3, -0.25) is 0 Å². The minimum absolute atomic E-state index is 0.166. The largest absolute Gasteiger partial charge is 0.356 e. The molecule has 1 aliphatic rings. The van der Waals surface area contributed by atoms with E-state index in [2.05, 4.69) is 15.7 Å². The fourth-order valence-corrected chi connectivity index (χ4v) is 1.68. The summed E-state index contributed by atoms with van der Waals surface area (Å²) in [6.07, 6.45) is 0.615. The van der Waals surface area contributed by atoms with Crippen molar-refractivity contribution < 1.29 is 14.5 Å². The van der Waals surface area contributed by atoms with Gasteiger partial charge in [0.15, 0.2) is 11.3 Å². The Kier molecular flexibility index (Phi) is 5.64. The van der Waals surface area contributed by atoms with Crippen molar-refractivity contribution in [2.75, 3.05) is 26.8 Å². The first-order valence-corrected chi connectivity index (χ1v) is 5.52. The van der Waals surface area contributed by atoms with Crippen LogP contribution < -0.4 is 10.6 Å². The number of rotatable bonds is 5. The van der Waals surface area contributed by atoms with Crippen LogP contribution in [0.4, 0.5) is 0 Å². The van der Waals surface area contributed by atoms with Gasteiger partial charge < -0.3 is 20.1 Å². The average molecular weight is 246 g/mol. The first-order valence-electron chi connectivity index (χ1n) is 5.52. The molecule has 0 spiro atoms. The van der Waals surface area contributed by atoms with Crippen LogP contribution in [0.25, 0.3) is 0 Å². The standard InChI is InChI=1S/C9H18N4O4/c1-3-10-9(12-13(14)15)11-6-7-4-5-17-8(7)16-2/h7-8H,3-6H2,1-2H3,(H2,10,11,12). The van der Waals surface area contributed by atoms with Gasteiger partial charge in [-0.25, -0.2) is 10.1 Å². The van der Waals surface area contributed by atoms with Crippen molar-refractivity contribution >= 4 is 5.96 Å². The van der Waals surface area contributed by atoms with Crippen molar-refractivity contribution in [3.63, 3.8) is 0 Å².